The van der Waals surface area contributed by atoms with Crippen LogP contribution in [0.3, 0.4) is 0 Å². The number of nitrogens with zero attached hydrogens (tertiary/aromatic N) is 3. The molecule has 2 aromatic rings. The molecule has 0 radical (unpaired) electrons. The van der Waals surface area contributed by atoms with Crippen LogP contribution in [0, 0.1) is 3.57 Å². The predicted molar refractivity (Wildman–Crippen MR) is 50.1 cm³/mol. The second-order valence-corrected chi connectivity index (χ2v) is 3.37. The van der Waals surface area contributed by atoms with Crippen molar-refractivity contribution < 1.29 is 0 Å². The van der Waals surface area contributed by atoms with Crippen LogP contribution in [0.25, 0.3) is 5.65 Å². The molecule has 0 aromatic carbocycles. The van der Waals surface area contributed by atoms with E-state index in [2.05, 4.69) is 32.7 Å². The van der Waals surface area contributed by atoms with E-state index in [1.807, 2.05) is 18.3 Å². The zero-order chi connectivity index (χ0) is 7.84. The van der Waals surface area contributed by atoms with E-state index < -0.39 is 0 Å². The lowest BCUT2D eigenvalue weighted by atomic mass is 10.5. The van der Waals surface area contributed by atoms with Gasteiger partial charge in [-0.15, -0.1) is 5.10 Å². The fourth-order valence-electron chi connectivity index (χ4n) is 0.875. The summed E-state index contributed by atoms with van der Waals surface area (Å²) in [6.07, 6.45) is 1.87. The Morgan fingerprint density at radius 1 is 1.45 bits per heavy atom. The molecule has 0 bridgehead atoms. The Kier molecular flexibility index (Phi) is 1.45. The van der Waals surface area contributed by atoms with Gasteiger partial charge in [-0.05, 0) is 34.7 Å². The lowest BCUT2D eigenvalue weighted by Gasteiger charge is -1.89. The summed E-state index contributed by atoms with van der Waals surface area (Å²) in [5.74, 6) is 0.312. The zero-order valence-electron chi connectivity index (χ0n) is 5.53. The first-order valence-corrected chi connectivity index (χ1v) is 4.11. The number of aromatic nitrogens is 3. The van der Waals surface area contributed by atoms with Gasteiger partial charge in [-0.3, -0.25) is 0 Å². The SMILES string of the molecule is Nc1nc2ccc(I)cn2n1. The highest BCUT2D eigenvalue weighted by molar-refractivity contribution is 14.1. The van der Waals surface area contributed by atoms with Gasteiger partial charge in [0.25, 0.3) is 0 Å². The zero-order valence-corrected chi connectivity index (χ0v) is 7.69. The second-order valence-electron chi connectivity index (χ2n) is 2.12. The highest BCUT2D eigenvalue weighted by Gasteiger charge is 1.97. The molecule has 0 saturated heterocycles. The van der Waals surface area contributed by atoms with Gasteiger partial charge in [0.2, 0.25) is 5.95 Å². The minimum absolute atomic E-state index is 0.312. The van der Waals surface area contributed by atoms with Gasteiger partial charge in [0, 0.05) is 9.77 Å². The maximum absolute atomic E-state index is 5.40. The average molecular weight is 260 g/mol. The molecule has 0 fully saturated rings. The molecule has 0 unspecified atom stereocenters. The van der Waals surface area contributed by atoms with Crippen LogP contribution in [-0.4, -0.2) is 14.6 Å². The van der Waals surface area contributed by atoms with Gasteiger partial charge in [-0.25, -0.2) is 4.52 Å². The van der Waals surface area contributed by atoms with Gasteiger partial charge in [0.1, 0.15) is 0 Å². The summed E-state index contributed by atoms with van der Waals surface area (Å²) in [6.45, 7) is 0. The van der Waals surface area contributed by atoms with Crippen molar-refractivity contribution in [2.75, 3.05) is 5.73 Å². The Morgan fingerprint density at radius 3 is 3.09 bits per heavy atom. The molecule has 4 nitrogen and oxygen atoms in total. The van der Waals surface area contributed by atoms with Crippen LogP contribution >= 0.6 is 22.6 Å². The first-order valence-electron chi connectivity index (χ1n) is 3.03. The van der Waals surface area contributed by atoms with Crippen molar-refractivity contribution in [1.29, 1.82) is 0 Å². The summed E-state index contributed by atoms with van der Waals surface area (Å²) >= 11 is 2.21. The van der Waals surface area contributed by atoms with Crippen LogP contribution in [0.1, 0.15) is 0 Å². The van der Waals surface area contributed by atoms with E-state index >= 15 is 0 Å². The largest absolute Gasteiger partial charge is 0.366 e. The summed E-state index contributed by atoms with van der Waals surface area (Å²) < 4.78 is 2.77. The monoisotopic (exact) mass is 260 g/mol. The fourth-order valence-corrected chi connectivity index (χ4v) is 1.32. The van der Waals surface area contributed by atoms with Gasteiger partial charge < -0.3 is 5.73 Å². The van der Waals surface area contributed by atoms with Crippen molar-refractivity contribution in [3.63, 3.8) is 0 Å². The number of fused-ring (bicyclic) bond motifs is 1. The summed E-state index contributed by atoms with van der Waals surface area (Å²) in [6, 6.07) is 3.84. The molecule has 5 heteroatoms. The predicted octanol–water partition coefficient (Wildman–Crippen LogP) is 0.916. The number of nitrogen functional groups attached to an aromatic ring is 1. The van der Waals surface area contributed by atoms with Gasteiger partial charge in [0.05, 0.1) is 0 Å². The van der Waals surface area contributed by atoms with Crippen LogP contribution in [-0.2, 0) is 0 Å². The fraction of sp³-hybridized carbons (Fsp3) is 0. The van der Waals surface area contributed by atoms with E-state index in [1.54, 1.807) is 4.52 Å². The van der Waals surface area contributed by atoms with E-state index in [9.17, 15) is 0 Å². The molecule has 2 aromatic heterocycles. The first-order chi connectivity index (χ1) is 5.25. The number of nitrogens with two attached hydrogens (primary N) is 1. The lowest BCUT2D eigenvalue weighted by molar-refractivity contribution is 0.962. The quantitative estimate of drug-likeness (QED) is 0.716. The molecule has 0 aliphatic carbocycles. The van der Waals surface area contributed by atoms with Crippen LogP contribution in [0.5, 0.6) is 0 Å². The third-order valence-electron chi connectivity index (χ3n) is 1.31. The standard InChI is InChI=1S/C6H5IN4/c7-4-1-2-5-9-6(8)10-11(5)3-4/h1-3H,(H2,8,10). The van der Waals surface area contributed by atoms with Crippen molar-refractivity contribution >= 4 is 34.2 Å². The number of hydrogen-bond donors (Lipinski definition) is 1. The molecule has 2 N–H and O–H groups in total. The highest BCUT2D eigenvalue weighted by Crippen LogP contribution is 2.07. The third-order valence-corrected chi connectivity index (χ3v) is 1.95. The Hall–Kier alpha value is -0.850. The Bertz CT molecular complexity index is 394. The average Bonchev–Trinajstić information content (AvgIpc) is 2.27. The van der Waals surface area contributed by atoms with Crippen molar-refractivity contribution in [2.24, 2.45) is 0 Å². The van der Waals surface area contributed by atoms with Crippen molar-refractivity contribution in [3.05, 3.63) is 21.9 Å². The van der Waals surface area contributed by atoms with Crippen LogP contribution in [0.4, 0.5) is 5.95 Å². The molecule has 56 valence electrons. The molecule has 0 atom stereocenters. The summed E-state index contributed by atoms with van der Waals surface area (Å²) in [5.41, 5.74) is 6.18. The Balaban J connectivity index is 2.82. The topological polar surface area (TPSA) is 56.2 Å². The van der Waals surface area contributed by atoms with Gasteiger partial charge in [-0.2, -0.15) is 4.98 Å². The number of pyridine rings is 1. The molecule has 0 aliphatic rings. The normalized spacial score (nSPS) is 10.6. The number of rotatable bonds is 0. The van der Waals surface area contributed by atoms with E-state index in [-0.39, 0.29) is 0 Å². The minimum Gasteiger partial charge on any atom is -0.366 e. The molecular weight excluding hydrogens is 255 g/mol. The Labute approximate surface area is 76.6 Å². The van der Waals surface area contributed by atoms with Crippen LogP contribution in [0.2, 0.25) is 0 Å². The van der Waals surface area contributed by atoms with Gasteiger partial charge in [0.15, 0.2) is 5.65 Å². The van der Waals surface area contributed by atoms with E-state index in [0.717, 1.165) is 9.22 Å². The number of anilines is 1. The lowest BCUT2D eigenvalue weighted by Crippen LogP contribution is -1.89. The maximum Gasteiger partial charge on any atom is 0.240 e. The van der Waals surface area contributed by atoms with Gasteiger partial charge in [-0.1, -0.05) is 0 Å². The molecule has 0 saturated carbocycles. The smallest absolute Gasteiger partial charge is 0.240 e. The first kappa shape index (κ1) is 6.84. The summed E-state index contributed by atoms with van der Waals surface area (Å²) in [4.78, 5) is 3.98. The molecular formula is C6H5IN4. The molecule has 2 rings (SSSR count). The van der Waals surface area contributed by atoms with Gasteiger partial charge >= 0.3 is 0 Å². The third kappa shape index (κ3) is 1.15. The van der Waals surface area contributed by atoms with Crippen molar-refractivity contribution in [1.82, 2.24) is 14.6 Å². The summed E-state index contributed by atoms with van der Waals surface area (Å²) in [7, 11) is 0. The minimum atomic E-state index is 0.312. The number of hydrogen-bond acceptors (Lipinski definition) is 3. The van der Waals surface area contributed by atoms with E-state index in [0.29, 0.717) is 5.95 Å². The van der Waals surface area contributed by atoms with E-state index in [4.69, 9.17) is 5.73 Å². The molecule has 0 spiro atoms. The van der Waals surface area contributed by atoms with Crippen molar-refractivity contribution in [2.45, 2.75) is 0 Å². The summed E-state index contributed by atoms with van der Waals surface area (Å²) in [5, 5.41) is 3.95. The molecule has 0 amide bonds. The van der Waals surface area contributed by atoms with E-state index in [1.165, 1.54) is 0 Å². The van der Waals surface area contributed by atoms with Crippen LogP contribution in [0.15, 0.2) is 18.3 Å². The number of halogens is 1. The van der Waals surface area contributed by atoms with Crippen LogP contribution < -0.4 is 5.73 Å². The molecule has 2 heterocycles. The highest BCUT2D eigenvalue weighted by atomic mass is 127. The second kappa shape index (κ2) is 2.33. The maximum atomic E-state index is 5.40. The Morgan fingerprint density at radius 2 is 2.27 bits per heavy atom. The molecule has 11 heavy (non-hydrogen) atoms. The molecule has 0 aliphatic heterocycles. The van der Waals surface area contributed by atoms with Crippen molar-refractivity contribution in [3.8, 4) is 0 Å².